The summed E-state index contributed by atoms with van der Waals surface area (Å²) in [5.41, 5.74) is 0.969. The largest absolute Gasteiger partial charge is 0.493 e. The zero-order chi connectivity index (χ0) is 19.0. The summed E-state index contributed by atoms with van der Waals surface area (Å²) < 4.78 is 16.5. The van der Waals surface area contributed by atoms with Gasteiger partial charge >= 0.3 is 0 Å². The first-order chi connectivity index (χ1) is 12.5. The van der Waals surface area contributed by atoms with E-state index in [0.29, 0.717) is 12.4 Å². The van der Waals surface area contributed by atoms with Gasteiger partial charge in [-0.3, -0.25) is 4.99 Å². The van der Waals surface area contributed by atoms with Crippen LogP contribution in [0.3, 0.4) is 0 Å². The third kappa shape index (κ3) is 5.02. The molecular weight excluding hydrogens is 332 g/mol. The van der Waals surface area contributed by atoms with E-state index in [0.717, 1.165) is 50.0 Å². The van der Waals surface area contributed by atoms with Gasteiger partial charge in [-0.15, -0.1) is 0 Å². The molecule has 7 heteroatoms. The molecule has 1 heterocycles. The van der Waals surface area contributed by atoms with Gasteiger partial charge in [-0.2, -0.15) is 0 Å². The summed E-state index contributed by atoms with van der Waals surface area (Å²) in [5.74, 6) is 2.16. The van der Waals surface area contributed by atoms with Crippen molar-refractivity contribution < 1.29 is 14.2 Å². The lowest BCUT2D eigenvalue weighted by molar-refractivity contribution is -0.00491. The highest BCUT2D eigenvalue weighted by Crippen LogP contribution is 2.30. The summed E-state index contributed by atoms with van der Waals surface area (Å²) in [6, 6.07) is 5.77. The van der Waals surface area contributed by atoms with Crippen molar-refractivity contribution in [2.24, 2.45) is 4.99 Å². The van der Waals surface area contributed by atoms with Crippen LogP contribution in [0.5, 0.6) is 11.5 Å². The topological polar surface area (TPSA) is 67.4 Å². The van der Waals surface area contributed by atoms with Crippen LogP contribution in [0, 0.1) is 0 Å². The molecule has 0 atom stereocenters. The number of aliphatic imine (C=N–C) groups is 1. The van der Waals surface area contributed by atoms with Gasteiger partial charge in [-0.05, 0) is 46.0 Å². The number of ether oxygens (including phenoxy) is 3. The molecule has 146 valence electrons. The molecule has 0 bridgehead atoms. The van der Waals surface area contributed by atoms with E-state index >= 15 is 0 Å². The van der Waals surface area contributed by atoms with Gasteiger partial charge in [-0.1, -0.05) is 0 Å². The van der Waals surface area contributed by atoms with Crippen LogP contribution < -0.4 is 20.1 Å². The Morgan fingerprint density at radius 1 is 1.27 bits per heavy atom. The van der Waals surface area contributed by atoms with Crippen LogP contribution in [-0.4, -0.2) is 71.0 Å². The standard InChI is InChI=1S/C19H32N4O3/c1-6-26-16-8-7-15(13-17(16)24-5)22-18(20-2)21-14-19(23(3)4)9-11-25-12-10-19/h7-8,13H,6,9-12,14H2,1-5H3,(H2,20,21,22). The number of anilines is 1. The molecule has 1 aliphatic heterocycles. The fourth-order valence-electron chi connectivity index (χ4n) is 3.12. The van der Waals surface area contributed by atoms with Crippen molar-refractivity contribution in [3.8, 4) is 11.5 Å². The van der Waals surface area contributed by atoms with Crippen LogP contribution in [0.25, 0.3) is 0 Å². The van der Waals surface area contributed by atoms with E-state index in [4.69, 9.17) is 14.2 Å². The molecule has 0 radical (unpaired) electrons. The van der Waals surface area contributed by atoms with E-state index in [1.54, 1.807) is 14.2 Å². The summed E-state index contributed by atoms with van der Waals surface area (Å²) in [4.78, 5) is 6.63. The smallest absolute Gasteiger partial charge is 0.195 e. The molecular formula is C19H32N4O3. The predicted molar refractivity (Wildman–Crippen MR) is 106 cm³/mol. The lowest BCUT2D eigenvalue weighted by atomic mass is 9.88. The predicted octanol–water partition coefficient (Wildman–Crippen LogP) is 2.19. The first-order valence-corrected chi connectivity index (χ1v) is 9.08. The zero-order valence-corrected chi connectivity index (χ0v) is 16.6. The second kappa shape index (κ2) is 9.64. The Morgan fingerprint density at radius 3 is 2.58 bits per heavy atom. The van der Waals surface area contributed by atoms with Crippen LogP contribution in [-0.2, 0) is 4.74 Å². The van der Waals surface area contributed by atoms with Crippen molar-refractivity contribution in [1.82, 2.24) is 10.2 Å². The van der Waals surface area contributed by atoms with E-state index in [9.17, 15) is 0 Å². The molecule has 2 N–H and O–H groups in total. The monoisotopic (exact) mass is 364 g/mol. The van der Waals surface area contributed by atoms with Gasteiger partial charge in [-0.25, -0.2) is 0 Å². The first kappa shape index (κ1) is 20.3. The third-order valence-electron chi connectivity index (χ3n) is 4.91. The number of nitrogens with one attached hydrogen (secondary N) is 2. The number of guanidine groups is 1. The number of rotatable bonds is 7. The number of likely N-dealkylation sites (N-methyl/N-ethyl adjacent to an activating group) is 1. The summed E-state index contributed by atoms with van der Waals surface area (Å²) >= 11 is 0. The molecule has 0 saturated carbocycles. The van der Waals surface area contributed by atoms with Crippen LogP contribution in [0.1, 0.15) is 19.8 Å². The average molecular weight is 364 g/mol. The Labute approximate surface area is 156 Å². The molecule has 1 aromatic rings. The molecule has 0 unspecified atom stereocenters. The van der Waals surface area contributed by atoms with Gasteiger partial charge in [0.15, 0.2) is 17.5 Å². The quantitative estimate of drug-likeness (QED) is 0.571. The highest BCUT2D eigenvalue weighted by Gasteiger charge is 2.34. The second-order valence-corrected chi connectivity index (χ2v) is 6.58. The molecule has 26 heavy (non-hydrogen) atoms. The van der Waals surface area contributed by atoms with Crippen molar-refractivity contribution >= 4 is 11.6 Å². The van der Waals surface area contributed by atoms with Crippen molar-refractivity contribution in [3.05, 3.63) is 18.2 Å². The van der Waals surface area contributed by atoms with Crippen LogP contribution in [0.15, 0.2) is 23.2 Å². The summed E-state index contributed by atoms with van der Waals surface area (Å²) in [6.07, 6.45) is 2.00. The maximum absolute atomic E-state index is 5.56. The number of benzene rings is 1. The van der Waals surface area contributed by atoms with Gasteiger partial charge < -0.3 is 29.7 Å². The van der Waals surface area contributed by atoms with E-state index < -0.39 is 0 Å². The SMILES string of the molecule is CCOc1ccc(NC(=NC)NCC2(N(C)C)CCOCC2)cc1OC. The summed E-state index contributed by atoms with van der Waals surface area (Å²) in [6.45, 7) is 4.94. The lowest BCUT2D eigenvalue weighted by Gasteiger charge is -2.43. The Bertz CT molecular complexity index is 598. The van der Waals surface area contributed by atoms with Gasteiger partial charge in [0.25, 0.3) is 0 Å². The second-order valence-electron chi connectivity index (χ2n) is 6.58. The Morgan fingerprint density at radius 2 is 2.00 bits per heavy atom. The molecule has 0 amide bonds. The number of hydrogen-bond acceptors (Lipinski definition) is 5. The molecule has 1 fully saturated rings. The van der Waals surface area contributed by atoms with Gasteiger partial charge in [0.05, 0.1) is 13.7 Å². The number of nitrogens with zero attached hydrogens (tertiary/aromatic N) is 2. The van der Waals surface area contributed by atoms with Crippen LogP contribution in [0.2, 0.25) is 0 Å². The first-order valence-electron chi connectivity index (χ1n) is 9.08. The highest BCUT2D eigenvalue weighted by atomic mass is 16.5. The lowest BCUT2D eigenvalue weighted by Crippen LogP contribution is -2.56. The van der Waals surface area contributed by atoms with Crippen LogP contribution >= 0.6 is 0 Å². The zero-order valence-electron chi connectivity index (χ0n) is 16.6. The van der Waals surface area contributed by atoms with Gasteiger partial charge in [0.1, 0.15) is 0 Å². The van der Waals surface area contributed by atoms with Crippen molar-refractivity contribution in [3.63, 3.8) is 0 Å². The molecule has 0 aromatic heterocycles. The van der Waals surface area contributed by atoms with Crippen molar-refractivity contribution in [2.75, 3.05) is 59.9 Å². The molecule has 2 rings (SSSR count). The molecule has 7 nitrogen and oxygen atoms in total. The minimum Gasteiger partial charge on any atom is -0.493 e. The maximum atomic E-state index is 5.56. The molecule has 1 aromatic carbocycles. The van der Waals surface area contributed by atoms with Crippen molar-refractivity contribution in [2.45, 2.75) is 25.3 Å². The minimum atomic E-state index is 0.0758. The fourth-order valence-corrected chi connectivity index (χ4v) is 3.12. The summed E-state index contributed by atoms with van der Waals surface area (Å²) in [5, 5.41) is 6.78. The normalized spacial score (nSPS) is 17.1. The van der Waals surface area contributed by atoms with E-state index in [1.165, 1.54) is 0 Å². The Kier molecular flexibility index (Phi) is 7.53. The molecule has 0 spiro atoms. The average Bonchev–Trinajstić information content (AvgIpc) is 2.66. The van der Waals surface area contributed by atoms with E-state index in [-0.39, 0.29) is 5.54 Å². The number of methoxy groups -OCH3 is 1. The third-order valence-corrected chi connectivity index (χ3v) is 4.91. The van der Waals surface area contributed by atoms with Gasteiger partial charge in [0, 0.05) is 44.1 Å². The number of hydrogen-bond donors (Lipinski definition) is 2. The Balaban J connectivity index is 2.03. The summed E-state index contributed by atoms with van der Waals surface area (Å²) in [7, 11) is 7.66. The van der Waals surface area contributed by atoms with Crippen LogP contribution in [0.4, 0.5) is 5.69 Å². The fraction of sp³-hybridized carbons (Fsp3) is 0.632. The minimum absolute atomic E-state index is 0.0758. The van der Waals surface area contributed by atoms with E-state index in [1.807, 2.05) is 25.1 Å². The molecule has 1 saturated heterocycles. The van der Waals surface area contributed by atoms with Gasteiger partial charge in [0.2, 0.25) is 0 Å². The molecule has 0 aliphatic carbocycles. The highest BCUT2D eigenvalue weighted by molar-refractivity contribution is 5.93. The van der Waals surface area contributed by atoms with Crippen molar-refractivity contribution in [1.29, 1.82) is 0 Å². The Hall–Kier alpha value is -1.99. The molecule has 1 aliphatic rings. The maximum Gasteiger partial charge on any atom is 0.195 e. The van der Waals surface area contributed by atoms with E-state index in [2.05, 4.69) is 34.6 Å².